The van der Waals surface area contributed by atoms with Gasteiger partial charge in [-0.25, -0.2) is 4.98 Å². The second-order valence-electron chi connectivity index (χ2n) is 8.66. The third-order valence-electron chi connectivity index (χ3n) is 5.81. The van der Waals surface area contributed by atoms with E-state index in [0.29, 0.717) is 5.56 Å². The Balaban J connectivity index is 1.36. The average Bonchev–Trinajstić information content (AvgIpc) is 3.24. The van der Waals surface area contributed by atoms with Crippen LogP contribution in [-0.2, 0) is 18.2 Å². The first-order valence-corrected chi connectivity index (χ1v) is 11.1. The van der Waals surface area contributed by atoms with Crippen molar-refractivity contribution >= 4 is 22.4 Å². The van der Waals surface area contributed by atoms with Gasteiger partial charge in [0.05, 0.1) is 30.5 Å². The molecule has 0 aromatic carbocycles. The second kappa shape index (κ2) is 8.71. The van der Waals surface area contributed by atoms with Gasteiger partial charge in [-0.05, 0) is 43.5 Å². The Morgan fingerprint density at radius 2 is 1.82 bits per heavy atom. The number of Topliss-reactive ketones (excluding diaryl/α,β-unsaturated/α-hetero) is 1. The van der Waals surface area contributed by atoms with Crippen molar-refractivity contribution in [3.05, 3.63) is 66.5 Å². The van der Waals surface area contributed by atoms with Crippen molar-refractivity contribution < 1.29 is 9.53 Å². The summed E-state index contributed by atoms with van der Waals surface area (Å²) in [6.45, 7) is 5.62. The molecule has 0 aliphatic carbocycles. The quantitative estimate of drug-likeness (QED) is 0.438. The Kier molecular flexibility index (Phi) is 5.60. The lowest BCUT2D eigenvalue weighted by Gasteiger charge is -2.36. The third kappa shape index (κ3) is 4.61. The number of hydrogen-bond donors (Lipinski definition) is 0. The van der Waals surface area contributed by atoms with E-state index in [4.69, 9.17) is 4.74 Å². The second-order valence-corrected chi connectivity index (χ2v) is 8.66. The van der Waals surface area contributed by atoms with Crippen molar-refractivity contribution in [2.75, 3.05) is 18.0 Å². The Morgan fingerprint density at radius 3 is 2.58 bits per heavy atom. The summed E-state index contributed by atoms with van der Waals surface area (Å²) in [7, 11) is 1.88. The smallest absolute Gasteiger partial charge is 0.169 e. The summed E-state index contributed by atoms with van der Waals surface area (Å²) in [5.74, 6) is 0.822. The summed E-state index contributed by atoms with van der Waals surface area (Å²) in [5, 5.41) is 6.14. The number of ether oxygens (including phenoxy) is 1. The lowest BCUT2D eigenvalue weighted by atomic mass is 10.0. The van der Waals surface area contributed by atoms with Gasteiger partial charge in [0.2, 0.25) is 0 Å². The van der Waals surface area contributed by atoms with Gasteiger partial charge in [-0.2, -0.15) is 5.10 Å². The fourth-order valence-corrected chi connectivity index (χ4v) is 4.29. The number of carbonyl (C=O) groups is 1. The SMILES string of the molecule is C[C@@H]1CN(c2cc(C(=O)Cc3cc4cc(-c5cnn(C)c5)ncc4cn3)ccn2)C[C@H](C)O1. The molecular formula is C25H26N6O2. The molecule has 33 heavy (non-hydrogen) atoms. The Bertz CT molecular complexity index is 1310. The highest BCUT2D eigenvalue weighted by Crippen LogP contribution is 2.23. The van der Waals surface area contributed by atoms with E-state index in [1.807, 2.05) is 31.4 Å². The highest BCUT2D eigenvalue weighted by Gasteiger charge is 2.23. The largest absolute Gasteiger partial charge is 0.372 e. The molecule has 1 saturated heterocycles. The molecule has 8 heteroatoms. The number of carbonyl (C=O) groups excluding carboxylic acids is 1. The number of anilines is 1. The van der Waals surface area contributed by atoms with E-state index in [-0.39, 0.29) is 24.4 Å². The highest BCUT2D eigenvalue weighted by molar-refractivity contribution is 5.98. The van der Waals surface area contributed by atoms with Crippen molar-refractivity contribution in [3.63, 3.8) is 0 Å². The maximum atomic E-state index is 13.1. The molecule has 0 bridgehead atoms. The number of morpholine rings is 1. The van der Waals surface area contributed by atoms with E-state index < -0.39 is 0 Å². The van der Waals surface area contributed by atoms with Crippen LogP contribution in [-0.4, -0.2) is 55.8 Å². The number of pyridine rings is 3. The molecule has 4 aromatic heterocycles. The van der Waals surface area contributed by atoms with Gasteiger partial charge in [-0.1, -0.05) is 0 Å². The molecular weight excluding hydrogens is 416 g/mol. The number of fused-ring (bicyclic) bond motifs is 1. The lowest BCUT2D eigenvalue weighted by molar-refractivity contribution is -0.00545. The maximum Gasteiger partial charge on any atom is 0.169 e. The predicted octanol–water partition coefficient (Wildman–Crippen LogP) is 3.46. The summed E-state index contributed by atoms with van der Waals surface area (Å²) in [5.41, 5.74) is 3.15. The number of hydrogen-bond acceptors (Lipinski definition) is 7. The zero-order chi connectivity index (χ0) is 22.9. The summed E-state index contributed by atoms with van der Waals surface area (Å²) < 4.78 is 7.56. The highest BCUT2D eigenvalue weighted by atomic mass is 16.5. The molecule has 0 unspecified atom stereocenters. The van der Waals surface area contributed by atoms with Gasteiger partial charge >= 0.3 is 0 Å². The van der Waals surface area contributed by atoms with Crippen molar-refractivity contribution in [1.29, 1.82) is 0 Å². The molecule has 4 aromatic rings. The van der Waals surface area contributed by atoms with E-state index in [1.54, 1.807) is 35.5 Å². The summed E-state index contributed by atoms with van der Waals surface area (Å²) in [6.07, 6.45) is 9.47. The van der Waals surface area contributed by atoms with E-state index in [0.717, 1.165) is 46.6 Å². The van der Waals surface area contributed by atoms with Crippen LogP contribution in [0.2, 0.25) is 0 Å². The van der Waals surface area contributed by atoms with Crippen LogP contribution in [0.25, 0.3) is 22.0 Å². The van der Waals surface area contributed by atoms with Crippen LogP contribution in [0, 0.1) is 0 Å². The minimum atomic E-state index is 0.0152. The predicted molar refractivity (Wildman–Crippen MR) is 126 cm³/mol. The van der Waals surface area contributed by atoms with Gasteiger partial charge in [0.15, 0.2) is 5.78 Å². The number of nitrogens with zero attached hydrogens (tertiary/aromatic N) is 6. The molecule has 168 valence electrons. The molecule has 8 nitrogen and oxygen atoms in total. The molecule has 5 rings (SSSR count). The minimum absolute atomic E-state index is 0.0152. The van der Waals surface area contributed by atoms with E-state index >= 15 is 0 Å². The van der Waals surface area contributed by atoms with Crippen LogP contribution in [0.3, 0.4) is 0 Å². The zero-order valence-corrected chi connectivity index (χ0v) is 19.0. The van der Waals surface area contributed by atoms with Gasteiger partial charge in [0.1, 0.15) is 5.82 Å². The monoisotopic (exact) mass is 442 g/mol. The van der Waals surface area contributed by atoms with Crippen LogP contribution in [0.5, 0.6) is 0 Å². The van der Waals surface area contributed by atoms with Gasteiger partial charge in [0, 0.05) is 67.1 Å². The number of ketones is 1. The zero-order valence-electron chi connectivity index (χ0n) is 19.0. The van der Waals surface area contributed by atoms with Crippen molar-refractivity contribution in [2.45, 2.75) is 32.5 Å². The van der Waals surface area contributed by atoms with Crippen molar-refractivity contribution in [3.8, 4) is 11.3 Å². The lowest BCUT2D eigenvalue weighted by Crippen LogP contribution is -2.45. The normalized spacial score (nSPS) is 18.6. The Morgan fingerprint density at radius 1 is 1.03 bits per heavy atom. The fraction of sp³-hybridized carbons (Fsp3) is 0.320. The summed E-state index contributed by atoms with van der Waals surface area (Å²) in [4.78, 5) is 28.7. The summed E-state index contributed by atoms with van der Waals surface area (Å²) in [6, 6.07) is 7.61. The topological polar surface area (TPSA) is 86.0 Å². The molecule has 0 saturated carbocycles. The summed E-state index contributed by atoms with van der Waals surface area (Å²) >= 11 is 0. The Labute approximate surface area is 192 Å². The molecule has 0 amide bonds. The van der Waals surface area contributed by atoms with Crippen LogP contribution in [0.1, 0.15) is 29.9 Å². The minimum Gasteiger partial charge on any atom is -0.372 e. The number of rotatable bonds is 5. The molecule has 1 aliphatic heterocycles. The first-order valence-electron chi connectivity index (χ1n) is 11.1. The number of aryl methyl sites for hydroxylation is 1. The number of aromatic nitrogens is 5. The van der Waals surface area contributed by atoms with Crippen molar-refractivity contribution in [1.82, 2.24) is 24.7 Å². The van der Waals surface area contributed by atoms with E-state index in [1.165, 1.54) is 0 Å². The third-order valence-corrected chi connectivity index (χ3v) is 5.81. The molecule has 5 heterocycles. The molecule has 2 atom stereocenters. The van der Waals surface area contributed by atoms with Crippen molar-refractivity contribution in [2.24, 2.45) is 7.05 Å². The van der Waals surface area contributed by atoms with Gasteiger partial charge in [-0.3, -0.25) is 19.4 Å². The molecule has 0 radical (unpaired) electrons. The van der Waals surface area contributed by atoms with E-state index in [2.05, 4.69) is 38.8 Å². The molecule has 0 spiro atoms. The standard InChI is InChI=1S/C25H26N6O2/c1-16-13-31(14-17(2)33-16)25-8-18(4-5-26-25)24(32)9-22-6-19-7-23(21-12-29-30(3)15-21)28-11-20(19)10-27-22/h4-8,10-12,15-17H,9,13-14H2,1-3H3/t16-,17+. The first-order chi connectivity index (χ1) is 15.9. The molecule has 0 N–H and O–H groups in total. The van der Waals surface area contributed by atoms with Crippen LogP contribution in [0.15, 0.2) is 55.2 Å². The van der Waals surface area contributed by atoms with Crippen LogP contribution in [0.4, 0.5) is 5.82 Å². The molecule has 1 fully saturated rings. The first kappa shape index (κ1) is 21.2. The molecule has 1 aliphatic rings. The Hall–Kier alpha value is -3.65. The van der Waals surface area contributed by atoms with Crippen LogP contribution >= 0.6 is 0 Å². The maximum absolute atomic E-state index is 13.1. The van der Waals surface area contributed by atoms with Gasteiger partial charge in [-0.15, -0.1) is 0 Å². The fourth-order valence-electron chi connectivity index (χ4n) is 4.29. The van der Waals surface area contributed by atoms with E-state index in [9.17, 15) is 4.79 Å². The average molecular weight is 443 g/mol. The van der Waals surface area contributed by atoms with Gasteiger partial charge in [0.25, 0.3) is 0 Å². The van der Waals surface area contributed by atoms with Gasteiger partial charge < -0.3 is 9.64 Å². The van der Waals surface area contributed by atoms with Crippen LogP contribution < -0.4 is 4.90 Å².